The molecule has 2 aromatic rings. The van der Waals surface area contributed by atoms with Crippen LogP contribution in [0.25, 0.3) is 0 Å². The summed E-state index contributed by atoms with van der Waals surface area (Å²) in [6, 6.07) is 7.38. The number of methoxy groups -OCH3 is 1. The molecule has 0 aliphatic heterocycles. The number of aldehydes is 1. The van der Waals surface area contributed by atoms with Crippen molar-refractivity contribution in [3.8, 4) is 23.0 Å². The smallest absolute Gasteiger partial charge is 0.204 e. The molecule has 0 heterocycles. The highest BCUT2D eigenvalue weighted by Crippen LogP contribution is 2.42. The SMILES string of the molecule is CCOc1c(OC)cc(C=O)cc1Oc1c(C)ccc(C)c1C. The van der Waals surface area contributed by atoms with Crippen molar-refractivity contribution >= 4 is 6.29 Å². The standard InChI is InChI=1S/C19H22O4/c1-6-22-19-16(21-5)9-15(11-20)10-17(19)23-18-13(3)8-7-12(2)14(18)4/h7-11H,6H2,1-5H3. The fraction of sp³-hybridized carbons (Fsp3) is 0.316. The Hall–Kier alpha value is -2.49. The zero-order valence-corrected chi connectivity index (χ0v) is 14.2. The van der Waals surface area contributed by atoms with Crippen molar-refractivity contribution in [1.29, 1.82) is 0 Å². The molecule has 0 fully saturated rings. The molecule has 0 aliphatic carbocycles. The summed E-state index contributed by atoms with van der Waals surface area (Å²) in [5, 5.41) is 0. The Morgan fingerprint density at radius 1 is 1.00 bits per heavy atom. The molecule has 0 unspecified atom stereocenters. The van der Waals surface area contributed by atoms with Gasteiger partial charge in [-0.25, -0.2) is 0 Å². The van der Waals surface area contributed by atoms with Crippen LogP contribution in [0.3, 0.4) is 0 Å². The first-order chi connectivity index (χ1) is 11.0. The van der Waals surface area contributed by atoms with E-state index >= 15 is 0 Å². The Bertz CT molecular complexity index is 720. The molecule has 2 rings (SSSR count). The van der Waals surface area contributed by atoms with Gasteiger partial charge in [0.2, 0.25) is 5.75 Å². The van der Waals surface area contributed by atoms with Gasteiger partial charge in [-0.15, -0.1) is 0 Å². The molecule has 122 valence electrons. The van der Waals surface area contributed by atoms with Crippen LogP contribution >= 0.6 is 0 Å². The zero-order chi connectivity index (χ0) is 17.0. The van der Waals surface area contributed by atoms with Crippen molar-refractivity contribution in [2.45, 2.75) is 27.7 Å². The first kappa shape index (κ1) is 16.9. The lowest BCUT2D eigenvalue weighted by molar-refractivity contribution is 0.112. The number of aryl methyl sites for hydroxylation is 2. The second kappa shape index (κ2) is 7.18. The van der Waals surface area contributed by atoms with E-state index in [2.05, 4.69) is 6.07 Å². The van der Waals surface area contributed by atoms with Crippen molar-refractivity contribution < 1.29 is 19.0 Å². The molecule has 0 saturated carbocycles. The van der Waals surface area contributed by atoms with Gasteiger partial charge in [-0.05, 0) is 56.5 Å². The third kappa shape index (κ3) is 3.47. The molecule has 0 amide bonds. The summed E-state index contributed by atoms with van der Waals surface area (Å²) in [5.74, 6) is 2.23. The molecule has 2 aromatic carbocycles. The molecule has 0 spiro atoms. The topological polar surface area (TPSA) is 44.8 Å². The van der Waals surface area contributed by atoms with Crippen molar-refractivity contribution in [1.82, 2.24) is 0 Å². The maximum atomic E-state index is 11.2. The summed E-state index contributed by atoms with van der Waals surface area (Å²) < 4.78 is 17.1. The second-order valence-corrected chi connectivity index (χ2v) is 5.36. The van der Waals surface area contributed by atoms with E-state index in [1.54, 1.807) is 19.2 Å². The molecular weight excluding hydrogens is 292 g/mol. The highest BCUT2D eigenvalue weighted by Gasteiger charge is 2.17. The summed E-state index contributed by atoms with van der Waals surface area (Å²) >= 11 is 0. The van der Waals surface area contributed by atoms with Crippen LogP contribution in [-0.4, -0.2) is 20.0 Å². The first-order valence-corrected chi connectivity index (χ1v) is 7.56. The van der Waals surface area contributed by atoms with Gasteiger partial charge < -0.3 is 14.2 Å². The van der Waals surface area contributed by atoms with Crippen LogP contribution in [0.4, 0.5) is 0 Å². The van der Waals surface area contributed by atoms with Crippen molar-refractivity contribution in [2.75, 3.05) is 13.7 Å². The maximum Gasteiger partial charge on any atom is 0.204 e. The number of carbonyl (C=O) groups excluding carboxylic acids is 1. The van der Waals surface area contributed by atoms with Crippen LogP contribution in [0.5, 0.6) is 23.0 Å². The highest BCUT2D eigenvalue weighted by atomic mass is 16.5. The lowest BCUT2D eigenvalue weighted by atomic mass is 10.1. The van der Waals surface area contributed by atoms with Gasteiger partial charge in [0.05, 0.1) is 13.7 Å². The van der Waals surface area contributed by atoms with Gasteiger partial charge in [-0.3, -0.25) is 4.79 Å². The molecular formula is C19H22O4. The van der Waals surface area contributed by atoms with Crippen LogP contribution in [0, 0.1) is 20.8 Å². The molecule has 0 bridgehead atoms. The van der Waals surface area contributed by atoms with Crippen LogP contribution in [0.1, 0.15) is 34.0 Å². The molecule has 4 heteroatoms. The predicted octanol–water partition coefficient (Wildman–Crippen LogP) is 4.62. The minimum atomic E-state index is 0.471. The van der Waals surface area contributed by atoms with Crippen LogP contribution in [0.2, 0.25) is 0 Å². The van der Waals surface area contributed by atoms with E-state index in [1.165, 1.54) is 0 Å². The highest BCUT2D eigenvalue weighted by molar-refractivity contribution is 5.78. The molecule has 0 saturated heterocycles. The molecule has 4 nitrogen and oxygen atoms in total. The Labute approximate surface area is 137 Å². The largest absolute Gasteiger partial charge is 0.493 e. The van der Waals surface area contributed by atoms with Crippen LogP contribution in [0.15, 0.2) is 24.3 Å². The zero-order valence-electron chi connectivity index (χ0n) is 14.2. The van der Waals surface area contributed by atoms with Gasteiger partial charge in [0.15, 0.2) is 11.5 Å². The Kier molecular flexibility index (Phi) is 5.27. The minimum Gasteiger partial charge on any atom is -0.493 e. The summed E-state index contributed by atoms with van der Waals surface area (Å²) in [5.41, 5.74) is 3.69. The Balaban J connectivity index is 2.58. The normalized spacial score (nSPS) is 10.3. The molecule has 0 aromatic heterocycles. The summed E-state index contributed by atoms with van der Waals surface area (Å²) in [6.45, 7) is 8.40. The van der Waals surface area contributed by atoms with E-state index in [4.69, 9.17) is 14.2 Å². The maximum absolute atomic E-state index is 11.2. The molecule has 23 heavy (non-hydrogen) atoms. The summed E-state index contributed by atoms with van der Waals surface area (Å²) in [6.07, 6.45) is 0.765. The van der Waals surface area contributed by atoms with E-state index in [0.717, 1.165) is 28.7 Å². The first-order valence-electron chi connectivity index (χ1n) is 7.56. The van der Waals surface area contributed by atoms with Crippen LogP contribution < -0.4 is 14.2 Å². The lowest BCUT2D eigenvalue weighted by Crippen LogP contribution is -2.01. The fourth-order valence-corrected chi connectivity index (χ4v) is 2.37. The molecule has 0 radical (unpaired) electrons. The number of ether oxygens (including phenoxy) is 3. The average molecular weight is 314 g/mol. The number of hydrogen-bond acceptors (Lipinski definition) is 4. The van der Waals surface area contributed by atoms with E-state index in [1.807, 2.05) is 33.8 Å². The average Bonchev–Trinajstić information content (AvgIpc) is 2.56. The predicted molar refractivity (Wildman–Crippen MR) is 90.3 cm³/mol. The fourth-order valence-electron chi connectivity index (χ4n) is 2.37. The van der Waals surface area contributed by atoms with Gasteiger partial charge in [-0.2, -0.15) is 0 Å². The van der Waals surface area contributed by atoms with Crippen molar-refractivity contribution in [2.24, 2.45) is 0 Å². The van der Waals surface area contributed by atoms with Gasteiger partial charge in [0.1, 0.15) is 12.0 Å². The van der Waals surface area contributed by atoms with Crippen molar-refractivity contribution in [3.63, 3.8) is 0 Å². The minimum absolute atomic E-state index is 0.471. The quantitative estimate of drug-likeness (QED) is 0.730. The number of benzene rings is 2. The van der Waals surface area contributed by atoms with Gasteiger partial charge >= 0.3 is 0 Å². The summed E-state index contributed by atoms with van der Waals surface area (Å²) in [4.78, 5) is 11.2. The van der Waals surface area contributed by atoms with Crippen molar-refractivity contribution in [3.05, 3.63) is 46.5 Å². The van der Waals surface area contributed by atoms with E-state index < -0.39 is 0 Å². The van der Waals surface area contributed by atoms with Gasteiger partial charge in [0, 0.05) is 5.56 Å². The monoisotopic (exact) mass is 314 g/mol. The van der Waals surface area contributed by atoms with E-state index in [0.29, 0.717) is 29.4 Å². The molecule has 0 aliphatic rings. The lowest BCUT2D eigenvalue weighted by Gasteiger charge is -2.18. The third-order valence-electron chi connectivity index (χ3n) is 3.77. The number of carbonyl (C=O) groups is 1. The third-order valence-corrected chi connectivity index (χ3v) is 3.77. The molecule has 0 atom stereocenters. The van der Waals surface area contributed by atoms with Gasteiger partial charge in [0.25, 0.3) is 0 Å². The summed E-state index contributed by atoms with van der Waals surface area (Å²) in [7, 11) is 1.54. The second-order valence-electron chi connectivity index (χ2n) is 5.36. The van der Waals surface area contributed by atoms with Crippen LogP contribution in [-0.2, 0) is 0 Å². The molecule has 0 N–H and O–H groups in total. The number of hydrogen-bond donors (Lipinski definition) is 0. The Morgan fingerprint density at radius 3 is 2.26 bits per heavy atom. The van der Waals surface area contributed by atoms with Gasteiger partial charge in [-0.1, -0.05) is 12.1 Å². The number of rotatable bonds is 6. The van der Waals surface area contributed by atoms with E-state index in [9.17, 15) is 4.79 Å². The van der Waals surface area contributed by atoms with E-state index in [-0.39, 0.29) is 0 Å². The Morgan fingerprint density at radius 2 is 1.65 bits per heavy atom.